The number of carbonyl (C=O) groups is 2. The summed E-state index contributed by atoms with van der Waals surface area (Å²) in [6, 6.07) is 0.0967. The molecule has 2 rings (SSSR count). The Morgan fingerprint density at radius 2 is 2.05 bits per heavy atom. The Bertz CT molecular complexity index is 397. The maximum atomic E-state index is 12.9. The molecule has 2 amide bonds. The largest absolute Gasteiger partial charge is 0.481 e. The summed E-state index contributed by atoms with van der Waals surface area (Å²) in [6.07, 6.45) is 3.65. The zero-order valence-corrected chi connectivity index (χ0v) is 13.0. The highest BCUT2D eigenvalue weighted by atomic mass is 16.5. The first-order valence-electron chi connectivity index (χ1n) is 7.79. The number of likely N-dealkylation sites (tertiary alicyclic amines) is 1. The Morgan fingerprint density at radius 1 is 1.29 bits per heavy atom. The minimum absolute atomic E-state index is 0.0402. The van der Waals surface area contributed by atoms with Gasteiger partial charge >= 0.3 is 12.0 Å². The topological polar surface area (TPSA) is 70.1 Å². The predicted octanol–water partition coefficient (Wildman–Crippen LogP) is 1.94. The third-order valence-corrected chi connectivity index (χ3v) is 4.44. The lowest BCUT2D eigenvalue weighted by Crippen LogP contribution is -2.61. The van der Waals surface area contributed by atoms with Crippen molar-refractivity contribution in [3.8, 4) is 0 Å². The minimum Gasteiger partial charge on any atom is -0.481 e. The van der Waals surface area contributed by atoms with E-state index >= 15 is 0 Å². The molecule has 1 N–H and O–H groups in total. The van der Waals surface area contributed by atoms with E-state index in [2.05, 4.69) is 0 Å². The number of ether oxygens (including phenoxy) is 1. The molecule has 2 heterocycles. The van der Waals surface area contributed by atoms with Gasteiger partial charge in [0, 0.05) is 25.6 Å². The summed E-state index contributed by atoms with van der Waals surface area (Å²) < 4.78 is 5.47. The monoisotopic (exact) mass is 298 g/mol. The van der Waals surface area contributed by atoms with Gasteiger partial charge in [0.15, 0.2) is 0 Å². The summed E-state index contributed by atoms with van der Waals surface area (Å²) >= 11 is 0. The first kappa shape index (κ1) is 16.1. The van der Waals surface area contributed by atoms with Gasteiger partial charge < -0.3 is 19.6 Å². The van der Waals surface area contributed by atoms with Crippen LogP contribution in [0.5, 0.6) is 0 Å². The molecule has 2 aliphatic rings. The molecule has 6 heteroatoms. The van der Waals surface area contributed by atoms with E-state index in [1.165, 1.54) is 0 Å². The van der Waals surface area contributed by atoms with Gasteiger partial charge in [0.1, 0.15) is 0 Å². The van der Waals surface area contributed by atoms with Gasteiger partial charge in [0.25, 0.3) is 0 Å². The van der Waals surface area contributed by atoms with Gasteiger partial charge in [-0.1, -0.05) is 0 Å². The molecule has 0 spiro atoms. The Kier molecular flexibility index (Phi) is 5.08. The third-order valence-electron chi connectivity index (χ3n) is 4.44. The van der Waals surface area contributed by atoms with Crippen LogP contribution in [-0.4, -0.2) is 64.8 Å². The lowest BCUT2D eigenvalue weighted by molar-refractivity contribution is -0.137. The van der Waals surface area contributed by atoms with Crippen LogP contribution in [0, 0.1) is 0 Å². The van der Waals surface area contributed by atoms with Crippen LogP contribution in [0.4, 0.5) is 4.79 Å². The van der Waals surface area contributed by atoms with Gasteiger partial charge in [0.05, 0.1) is 18.8 Å². The Hall–Kier alpha value is -1.30. The van der Waals surface area contributed by atoms with Crippen molar-refractivity contribution in [3.05, 3.63) is 0 Å². The molecule has 21 heavy (non-hydrogen) atoms. The van der Waals surface area contributed by atoms with Gasteiger partial charge in [-0.25, -0.2) is 4.79 Å². The molecule has 2 fully saturated rings. The summed E-state index contributed by atoms with van der Waals surface area (Å²) in [5.41, 5.74) is -0.301. The van der Waals surface area contributed by atoms with E-state index in [0.29, 0.717) is 26.2 Å². The highest BCUT2D eigenvalue weighted by Gasteiger charge is 2.38. The SMILES string of the molecule is CC1(C)COCCN1C(=O)N1CCCCC1CCC(=O)O. The molecule has 2 aliphatic heterocycles. The molecule has 6 nitrogen and oxygen atoms in total. The van der Waals surface area contributed by atoms with Crippen molar-refractivity contribution in [1.82, 2.24) is 9.80 Å². The van der Waals surface area contributed by atoms with Crippen molar-refractivity contribution < 1.29 is 19.4 Å². The van der Waals surface area contributed by atoms with Crippen molar-refractivity contribution in [2.45, 2.75) is 57.5 Å². The number of carboxylic acids is 1. The van der Waals surface area contributed by atoms with E-state index in [1.54, 1.807) is 0 Å². The minimum atomic E-state index is -0.792. The van der Waals surface area contributed by atoms with Gasteiger partial charge in [-0.2, -0.15) is 0 Å². The van der Waals surface area contributed by atoms with Crippen molar-refractivity contribution in [1.29, 1.82) is 0 Å². The first-order valence-corrected chi connectivity index (χ1v) is 7.79. The van der Waals surface area contributed by atoms with Gasteiger partial charge in [-0.3, -0.25) is 4.79 Å². The number of nitrogens with zero attached hydrogens (tertiary/aromatic N) is 2. The molecule has 1 atom stereocenters. The maximum absolute atomic E-state index is 12.9. The smallest absolute Gasteiger partial charge is 0.320 e. The summed E-state index contributed by atoms with van der Waals surface area (Å²) in [5, 5.41) is 8.87. The highest BCUT2D eigenvalue weighted by Crippen LogP contribution is 2.26. The second-order valence-electron chi connectivity index (χ2n) is 6.57. The average molecular weight is 298 g/mol. The number of rotatable bonds is 3. The molecule has 0 bridgehead atoms. The summed E-state index contributed by atoms with van der Waals surface area (Å²) in [6.45, 7) is 6.49. The average Bonchev–Trinajstić information content (AvgIpc) is 2.44. The summed E-state index contributed by atoms with van der Waals surface area (Å²) in [7, 11) is 0. The lowest BCUT2D eigenvalue weighted by Gasteiger charge is -2.47. The number of aliphatic carboxylic acids is 1. The van der Waals surface area contributed by atoms with Crippen LogP contribution in [0.25, 0.3) is 0 Å². The van der Waals surface area contributed by atoms with Crippen LogP contribution >= 0.6 is 0 Å². The van der Waals surface area contributed by atoms with Crippen molar-refractivity contribution in [2.75, 3.05) is 26.3 Å². The number of carboxylic acid groups (broad SMARTS) is 1. The van der Waals surface area contributed by atoms with Crippen LogP contribution < -0.4 is 0 Å². The second-order valence-corrected chi connectivity index (χ2v) is 6.57. The number of piperidine rings is 1. The fraction of sp³-hybridized carbons (Fsp3) is 0.867. The highest BCUT2D eigenvalue weighted by molar-refractivity contribution is 5.76. The fourth-order valence-corrected chi connectivity index (χ4v) is 3.21. The van der Waals surface area contributed by atoms with Crippen molar-refractivity contribution in [3.63, 3.8) is 0 Å². The molecule has 0 aromatic carbocycles. The molecule has 0 aromatic heterocycles. The van der Waals surface area contributed by atoms with E-state index in [1.807, 2.05) is 23.6 Å². The molecule has 2 saturated heterocycles. The van der Waals surface area contributed by atoms with Gasteiger partial charge in [-0.05, 0) is 39.5 Å². The molecular formula is C15H26N2O4. The van der Waals surface area contributed by atoms with Crippen LogP contribution in [0.3, 0.4) is 0 Å². The molecular weight excluding hydrogens is 272 g/mol. The third kappa shape index (κ3) is 3.87. The molecule has 120 valence electrons. The number of urea groups is 1. The molecule has 0 saturated carbocycles. The fourth-order valence-electron chi connectivity index (χ4n) is 3.21. The van der Waals surface area contributed by atoms with E-state index in [-0.39, 0.29) is 24.0 Å². The maximum Gasteiger partial charge on any atom is 0.320 e. The van der Waals surface area contributed by atoms with E-state index in [9.17, 15) is 9.59 Å². The lowest BCUT2D eigenvalue weighted by atomic mass is 9.97. The number of carbonyl (C=O) groups excluding carboxylic acids is 1. The normalized spacial score (nSPS) is 25.7. The van der Waals surface area contributed by atoms with E-state index < -0.39 is 5.97 Å². The standard InChI is InChI=1S/C15H26N2O4/c1-15(2)11-21-10-9-17(15)14(20)16-8-4-3-5-12(16)6-7-13(18)19/h12H,3-11H2,1-2H3,(H,18,19). The second kappa shape index (κ2) is 6.64. The Morgan fingerprint density at radius 3 is 2.71 bits per heavy atom. The van der Waals surface area contributed by atoms with Crippen LogP contribution in [0.1, 0.15) is 46.0 Å². The van der Waals surface area contributed by atoms with Crippen molar-refractivity contribution >= 4 is 12.0 Å². The van der Waals surface area contributed by atoms with Gasteiger partial charge in [0.2, 0.25) is 0 Å². The van der Waals surface area contributed by atoms with Gasteiger partial charge in [-0.15, -0.1) is 0 Å². The summed E-state index contributed by atoms with van der Waals surface area (Å²) in [4.78, 5) is 27.4. The van der Waals surface area contributed by atoms with Crippen LogP contribution in [0.15, 0.2) is 0 Å². The number of amides is 2. The predicted molar refractivity (Wildman–Crippen MR) is 78.2 cm³/mol. The Balaban J connectivity index is 2.05. The number of hydrogen-bond donors (Lipinski definition) is 1. The Labute approximate surface area is 126 Å². The molecule has 0 aliphatic carbocycles. The quantitative estimate of drug-likeness (QED) is 0.864. The number of morpholine rings is 1. The zero-order valence-electron chi connectivity index (χ0n) is 13.0. The van der Waals surface area contributed by atoms with Crippen LogP contribution in [0.2, 0.25) is 0 Å². The van der Waals surface area contributed by atoms with E-state index in [0.717, 1.165) is 25.8 Å². The first-order chi connectivity index (χ1) is 9.92. The molecule has 1 unspecified atom stereocenters. The molecule has 0 aromatic rings. The summed E-state index contributed by atoms with van der Waals surface area (Å²) in [5.74, 6) is -0.792. The van der Waals surface area contributed by atoms with Crippen LogP contribution in [-0.2, 0) is 9.53 Å². The zero-order chi connectivity index (χ0) is 15.5. The molecule has 0 radical (unpaired) electrons. The van der Waals surface area contributed by atoms with Crippen molar-refractivity contribution in [2.24, 2.45) is 0 Å². The van der Waals surface area contributed by atoms with E-state index in [4.69, 9.17) is 9.84 Å². The number of hydrogen-bond acceptors (Lipinski definition) is 3.